The van der Waals surface area contributed by atoms with Gasteiger partial charge in [-0.05, 0) is 25.5 Å². The second-order valence-corrected chi connectivity index (χ2v) is 4.67. The number of rotatable bonds is 3. The van der Waals surface area contributed by atoms with E-state index < -0.39 is 0 Å². The van der Waals surface area contributed by atoms with Crippen LogP contribution in [0, 0.1) is 6.92 Å². The van der Waals surface area contributed by atoms with Gasteiger partial charge in [0.2, 0.25) is 0 Å². The molecule has 0 aliphatic heterocycles. The van der Waals surface area contributed by atoms with E-state index in [4.69, 9.17) is 11.6 Å². The molecule has 0 radical (unpaired) electrons. The van der Waals surface area contributed by atoms with Crippen LogP contribution in [0.15, 0.2) is 24.5 Å². The van der Waals surface area contributed by atoms with Crippen molar-refractivity contribution >= 4 is 22.9 Å². The van der Waals surface area contributed by atoms with E-state index in [1.165, 1.54) is 4.88 Å². The fourth-order valence-corrected chi connectivity index (χ4v) is 2.71. The van der Waals surface area contributed by atoms with Crippen molar-refractivity contribution in [3.63, 3.8) is 0 Å². The van der Waals surface area contributed by atoms with Crippen molar-refractivity contribution in [2.24, 2.45) is 0 Å². The molecule has 0 N–H and O–H groups in total. The first kappa shape index (κ1) is 10.6. The third kappa shape index (κ3) is 2.36. The van der Waals surface area contributed by atoms with Gasteiger partial charge in [-0.1, -0.05) is 0 Å². The molecule has 0 atom stereocenters. The van der Waals surface area contributed by atoms with E-state index in [1.54, 1.807) is 17.5 Å². The van der Waals surface area contributed by atoms with Gasteiger partial charge in [0.15, 0.2) is 0 Å². The number of aryl methyl sites for hydroxylation is 2. The average Bonchev–Trinajstić information content (AvgIpc) is 2.63. The Morgan fingerprint density at radius 2 is 2.33 bits per heavy atom. The van der Waals surface area contributed by atoms with Crippen molar-refractivity contribution in [2.45, 2.75) is 13.3 Å². The fraction of sp³-hybridized carbons (Fsp3) is 0.273. The average molecular weight is 239 g/mol. The first-order chi connectivity index (χ1) is 7.31. The summed E-state index contributed by atoms with van der Waals surface area (Å²) in [5, 5.41) is 1.03. The van der Waals surface area contributed by atoms with E-state index in [0.29, 0.717) is 5.88 Å². The molecular formula is C11H11ClN2S. The van der Waals surface area contributed by atoms with Crippen molar-refractivity contribution in [3.8, 4) is 10.6 Å². The molecule has 0 saturated heterocycles. The molecule has 2 aromatic rings. The molecule has 0 amide bonds. The Labute approximate surface area is 98.0 Å². The molecule has 15 heavy (non-hydrogen) atoms. The lowest BCUT2D eigenvalue weighted by atomic mass is 10.3. The molecule has 78 valence electrons. The van der Waals surface area contributed by atoms with E-state index in [2.05, 4.69) is 9.97 Å². The summed E-state index contributed by atoms with van der Waals surface area (Å²) in [7, 11) is 0. The molecular weight excluding hydrogens is 228 g/mol. The minimum Gasteiger partial charge on any atom is -0.264 e. The van der Waals surface area contributed by atoms with E-state index in [1.807, 2.05) is 25.3 Å². The van der Waals surface area contributed by atoms with Gasteiger partial charge in [0.25, 0.3) is 0 Å². The molecule has 0 aromatic carbocycles. The largest absolute Gasteiger partial charge is 0.264 e. The molecule has 0 bridgehead atoms. The van der Waals surface area contributed by atoms with Crippen molar-refractivity contribution in [1.82, 2.24) is 9.97 Å². The van der Waals surface area contributed by atoms with Gasteiger partial charge in [0.05, 0.1) is 5.69 Å². The van der Waals surface area contributed by atoms with Crippen molar-refractivity contribution < 1.29 is 0 Å². The Kier molecular flexibility index (Phi) is 3.34. The Morgan fingerprint density at radius 1 is 1.47 bits per heavy atom. The Hall–Kier alpha value is -0.930. The maximum absolute atomic E-state index is 5.73. The zero-order valence-electron chi connectivity index (χ0n) is 8.40. The number of alkyl halides is 1. The van der Waals surface area contributed by atoms with Gasteiger partial charge < -0.3 is 0 Å². The molecule has 0 saturated carbocycles. The van der Waals surface area contributed by atoms with Gasteiger partial charge in [-0.2, -0.15) is 0 Å². The van der Waals surface area contributed by atoms with Crippen molar-refractivity contribution in [3.05, 3.63) is 35.1 Å². The maximum atomic E-state index is 5.73. The van der Waals surface area contributed by atoms with Crippen molar-refractivity contribution in [1.29, 1.82) is 0 Å². The lowest BCUT2D eigenvalue weighted by molar-refractivity contribution is 1.12. The van der Waals surface area contributed by atoms with E-state index >= 15 is 0 Å². The lowest BCUT2D eigenvalue weighted by Gasteiger charge is -1.92. The van der Waals surface area contributed by atoms with Crippen LogP contribution in [-0.4, -0.2) is 15.8 Å². The van der Waals surface area contributed by atoms with Crippen LogP contribution in [0.5, 0.6) is 0 Å². The highest BCUT2D eigenvalue weighted by Gasteiger charge is 2.08. The number of halogens is 1. The zero-order chi connectivity index (χ0) is 10.7. The molecule has 2 heterocycles. The van der Waals surface area contributed by atoms with E-state index in [-0.39, 0.29) is 0 Å². The summed E-state index contributed by atoms with van der Waals surface area (Å²) in [6.07, 6.45) is 4.50. The first-order valence-corrected chi connectivity index (χ1v) is 6.09. The Bertz CT molecular complexity index is 439. The number of aromatic nitrogens is 2. The number of thiazole rings is 1. The molecule has 0 aliphatic rings. The molecule has 0 unspecified atom stereocenters. The lowest BCUT2D eigenvalue weighted by Crippen LogP contribution is -1.84. The second kappa shape index (κ2) is 4.73. The molecule has 0 aliphatic carbocycles. The van der Waals surface area contributed by atoms with Crippen LogP contribution >= 0.6 is 22.9 Å². The minimum absolute atomic E-state index is 0.648. The molecule has 0 spiro atoms. The Balaban J connectivity index is 2.34. The van der Waals surface area contributed by atoms with E-state index in [0.717, 1.165) is 22.7 Å². The standard InChI is InChI=1S/C11H11ClN2S/c1-8-10(4-5-12)15-11(14-8)9-3-2-6-13-7-9/h2-3,6-7H,4-5H2,1H3. The van der Waals surface area contributed by atoms with E-state index in [9.17, 15) is 0 Å². The van der Waals surface area contributed by atoms with Gasteiger partial charge in [0, 0.05) is 28.7 Å². The molecule has 2 rings (SSSR count). The monoisotopic (exact) mass is 238 g/mol. The summed E-state index contributed by atoms with van der Waals surface area (Å²) in [5.74, 6) is 0.648. The summed E-state index contributed by atoms with van der Waals surface area (Å²) >= 11 is 7.43. The number of hydrogen-bond acceptors (Lipinski definition) is 3. The van der Waals surface area contributed by atoms with Gasteiger partial charge in [-0.3, -0.25) is 4.98 Å². The molecule has 2 aromatic heterocycles. The van der Waals surface area contributed by atoms with Gasteiger partial charge in [0.1, 0.15) is 5.01 Å². The highest BCUT2D eigenvalue weighted by molar-refractivity contribution is 7.15. The van der Waals surface area contributed by atoms with Crippen molar-refractivity contribution in [2.75, 3.05) is 5.88 Å². The maximum Gasteiger partial charge on any atom is 0.125 e. The zero-order valence-corrected chi connectivity index (χ0v) is 9.98. The molecule has 0 fully saturated rings. The van der Waals surface area contributed by atoms with Crippen LogP contribution in [-0.2, 0) is 6.42 Å². The van der Waals surface area contributed by atoms with Crippen LogP contribution < -0.4 is 0 Å². The minimum atomic E-state index is 0.648. The highest BCUT2D eigenvalue weighted by Crippen LogP contribution is 2.27. The smallest absolute Gasteiger partial charge is 0.125 e. The number of hydrogen-bond donors (Lipinski definition) is 0. The van der Waals surface area contributed by atoms with Gasteiger partial charge in [-0.25, -0.2) is 4.98 Å². The topological polar surface area (TPSA) is 25.8 Å². The summed E-state index contributed by atoms with van der Waals surface area (Å²) in [6, 6.07) is 3.95. The summed E-state index contributed by atoms with van der Waals surface area (Å²) < 4.78 is 0. The van der Waals surface area contributed by atoms with Crippen LogP contribution in [0.1, 0.15) is 10.6 Å². The van der Waals surface area contributed by atoms with Crippen LogP contribution in [0.25, 0.3) is 10.6 Å². The first-order valence-electron chi connectivity index (χ1n) is 4.74. The SMILES string of the molecule is Cc1nc(-c2cccnc2)sc1CCCl. The normalized spacial score (nSPS) is 10.5. The summed E-state index contributed by atoms with van der Waals surface area (Å²) in [6.45, 7) is 2.03. The fourth-order valence-electron chi connectivity index (χ4n) is 1.36. The molecule has 4 heteroatoms. The quantitative estimate of drug-likeness (QED) is 0.767. The Morgan fingerprint density at radius 3 is 3.00 bits per heavy atom. The second-order valence-electron chi connectivity index (χ2n) is 3.21. The molecule has 2 nitrogen and oxygen atoms in total. The van der Waals surface area contributed by atoms with Crippen LogP contribution in [0.4, 0.5) is 0 Å². The number of pyridine rings is 1. The predicted molar refractivity (Wildman–Crippen MR) is 64.5 cm³/mol. The van der Waals surface area contributed by atoms with Crippen LogP contribution in [0.3, 0.4) is 0 Å². The number of nitrogens with zero attached hydrogens (tertiary/aromatic N) is 2. The highest BCUT2D eigenvalue weighted by atomic mass is 35.5. The van der Waals surface area contributed by atoms with Gasteiger partial charge >= 0.3 is 0 Å². The summed E-state index contributed by atoms with van der Waals surface area (Å²) in [4.78, 5) is 9.87. The third-order valence-electron chi connectivity index (χ3n) is 2.12. The third-order valence-corrected chi connectivity index (χ3v) is 3.58. The van der Waals surface area contributed by atoms with Gasteiger partial charge in [-0.15, -0.1) is 22.9 Å². The van der Waals surface area contributed by atoms with Crippen LogP contribution in [0.2, 0.25) is 0 Å². The summed E-state index contributed by atoms with van der Waals surface area (Å²) in [5.41, 5.74) is 2.16. The predicted octanol–water partition coefficient (Wildman–Crippen LogP) is 3.29.